The Morgan fingerprint density at radius 3 is 2.50 bits per heavy atom. The predicted octanol–water partition coefficient (Wildman–Crippen LogP) is 2.68. The molecule has 2 amide bonds. The lowest BCUT2D eigenvalue weighted by atomic mass is 10.1. The Kier molecular flexibility index (Phi) is 9.23. The molecule has 1 aliphatic heterocycles. The highest BCUT2D eigenvalue weighted by Gasteiger charge is 2.22. The standard InChI is InChI=1S/C22H35N3O5/c1-16(2)15-30-22(27)25-10-6-9-24(11-12-25)14-21(26)23-17(3)19-13-18(28-4)7-8-20(19)29-5/h7-8,13,16-17H,6,9-12,14-15H2,1-5H3,(H,23,26). The van der Waals surface area contributed by atoms with E-state index in [1.54, 1.807) is 19.1 Å². The maximum Gasteiger partial charge on any atom is 0.409 e. The molecule has 30 heavy (non-hydrogen) atoms. The first-order valence-corrected chi connectivity index (χ1v) is 10.5. The second kappa shape index (κ2) is 11.6. The van der Waals surface area contributed by atoms with Gasteiger partial charge < -0.3 is 24.4 Å². The van der Waals surface area contributed by atoms with Crippen LogP contribution in [-0.2, 0) is 9.53 Å². The molecule has 2 rings (SSSR count). The summed E-state index contributed by atoms with van der Waals surface area (Å²) in [6, 6.07) is 5.30. The average molecular weight is 422 g/mol. The number of benzene rings is 1. The number of carbonyl (C=O) groups is 2. The fourth-order valence-corrected chi connectivity index (χ4v) is 3.39. The molecule has 0 saturated carbocycles. The van der Waals surface area contributed by atoms with Crippen LogP contribution in [0.15, 0.2) is 18.2 Å². The van der Waals surface area contributed by atoms with Crippen molar-refractivity contribution < 1.29 is 23.8 Å². The highest BCUT2D eigenvalue weighted by atomic mass is 16.6. The third kappa shape index (κ3) is 7.09. The predicted molar refractivity (Wildman–Crippen MR) is 115 cm³/mol. The number of ether oxygens (including phenoxy) is 3. The van der Waals surface area contributed by atoms with E-state index < -0.39 is 0 Å². The zero-order chi connectivity index (χ0) is 22.1. The minimum absolute atomic E-state index is 0.0665. The van der Waals surface area contributed by atoms with Gasteiger partial charge in [-0.1, -0.05) is 13.8 Å². The van der Waals surface area contributed by atoms with Crippen molar-refractivity contribution in [1.82, 2.24) is 15.1 Å². The van der Waals surface area contributed by atoms with E-state index in [2.05, 4.69) is 10.2 Å². The first kappa shape index (κ1) is 23.8. The number of hydrogen-bond donors (Lipinski definition) is 1. The monoisotopic (exact) mass is 421 g/mol. The molecule has 8 heteroatoms. The molecule has 1 saturated heterocycles. The van der Waals surface area contributed by atoms with Gasteiger partial charge in [0.15, 0.2) is 0 Å². The lowest BCUT2D eigenvalue weighted by molar-refractivity contribution is -0.122. The largest absolute Gasteiger partial charge is 0.497 e. The Balaban J connectivity index is 1.87. The van der Waals surface area contributed by atoms with Crippen LogP contribution in [0, 0.1) is 5.92 Å². The molecule has 8 nitrogen and oxygen atoms in total. The molecule has 1 aliphatic rings. The molecule has 0 bridgehead atoms. The quantitative estimate of drug-likeness (QED) is 0.695. The van der Waals surface area contributed by atoms with Crippen molar-refractivity contribution in [1.29, 1.82) is 0 Å². The van der Waals surface area contributed by atoms with Crippen molar-refractivity contribution in [3.8, 4) is 11.5 Å². The molecule has 0 aromatic heterocycles. The number of nitrogens with one attached hydrogen (secondary N) is 1. The molecule has 0 spiro atoms. The topological polar surface area (TPSA) is 80.3 Å². The van der Waals surface area contributed by atoms with E-state index in [1.165, 1.54) is 0 Å². The number of hydrogen-bond acceptors (Lipinski definition) is 6. The van der Waals surface area contributed by atoms with Gasteiger partial charge in [-0.3, -0.25) is 9.69 Å². The van der Waals surface area contributed by atoms with Crippen molar-refractivity contribution >= 4 is 12.0 Å². The van der Waals surface area contributed by atoms with Crippen LogP contribution >= 0.6 is 0 Å². The molecular formula is C22H35N3O5. The number of rotatable bonds is 8. The summed E-state index contributed by atoms with van der Waals surface area (Å²) in [4.78, 5) is 28.6. The van der Waals surface area contributed by atoms with Crippen LogP contribution in [0.2, 0.25) is 0 Å². The van der Waals surface area contributed by atoms with E-state index in [0.29, 0.717) is 43.7 Å². The fraction of sp³-hybridized carbons (Fsp3) is 0.636. The molecule has 1 heterocycles. The second-order valence-electron chi connectivity index (χ2n) is 7.98. The third-order valence-corrected chi connectivity index (χ3v) is 5.03. The van der Waals surface area contributed by atoms with E-state index in [4.69, 9.17) is 14.2 Å². The molecule has 1 fully saturated rings. The minimum atomic E-state index is -0.270. The molecule has 0 aliphatic carbocycles. The normalized spacial score (nSPS) is 16.0. The molecule has 1 unspecified atom stereocenters. The van der Waals surface area contributed by atoms with Crippen LogP contribution in [0.25, 0.3) is 0 Å². The number of carbonyl (C=O) groups excluding carboxylic acids is 2. The van der Waals surface area contributed by atoms with Gasteiger partial charge in [-0.05, 0) is 37.5 Å². The summed E-state index contributed by atoms with van der Waals surface area (Å²) in [5.74, 6) is 1.66. The summed E-state index contributed by atoms with van der Waals surface area (Å²) in [6.07, 6.45) is 0.539. The Morgan fingerprint density at radius 2 is 1.83 bits per heavy atom. The summed E-state index contributed by atoms with van der Waals surface area (Å²) in [5.41, 5.74) is 0.861. The molecular weight excluding hydrogens is 386 g/mol. The number of amides is 2. The smallest absolute Gasteiger partial charge is 0.409 e. The van der Waals surface area contributed by atoms with Crippen LogP contribution in [0.3, 0.4) is 0 Å². The fourth-order valence-electron chi connectivity index (χ4n) is 3.39. The molecule has 168 valence electrons. The zero-order valence-electron chi connectivity index (χ0n) is 18.8. The molecule has 1 aromatic rings. The average Bonchev–Trinajstić information content (AvgIpc) is 2.96. The Bertz CT molecular complexity index is 710. The molecule has 0 radical (unpaired) electrons. The highest BCUT2D eigenvalue weighted by molar-refractivity contribution is 5.78. The van der Waals surface area contributed by atoms with E-state index in [1.807, 2.05) is 39.0 Å². The zero-order valence-corrected chi connectivity index (χ0v) is 18.8. The van der Waals surface area contributed by atoms with Crippen molar-refractivity contribution in [3.63, 3.8) is 0 Å². The van der Waals surface area contributed by atoms with Gasteiger partial charge in [0.1, 0.15) is 11.5 Å². The van der Waals surface area contributed by atoms with Crippen molar-refractivity contribution in [2.45, 2.75) is 33.2 Å². The Morgan fingerprint density at radius 1 is 1.07 bits per heavy atom. The van der Waals surface area contributed by atoms with Gasteiger partial charge in [0, 0.05) is 31.7 Å². The number of methoxy groups -OCH3 is 2. The lowest BCUT2D eigenvalue weighted by Crippen LogP contribution is -2.41. The minimum Gasteiger partial charge on any atom is -0.497 e. The summed E-state index contributed by atoms with van der Waals surface area (Å²) in [7, 11) is 3.21. The van der Waals surface area contributed by atoms with Crippen LogP contribution in [0.1, 0.15) is 38.8 Å². The van der Waals surface area contributed by atoms with Gasteiger partial charge in [0.05, 0.1) is 33.4 Å². The van der Waals surface area contributed by atoms with E-state index in [9.17, 15) is 9.59 Å². The first-order valence-electron chi connectivity index (χ1n) is 10.5. The van der Waals surface area contributed by atoms with Gasteiger partial charge >= 0.3 is 6.09 Å². The van der Waals surface area contributed by atoms with E-state index in [-0.39, 0.29) is 24.6 Å². The summed E-state index contributed by atoms with van der Waals surface area (Å²) in [5, 5.41) is 3.04. The van der Waals surface area contributed by atoms with Gasteiger partial charge in [0.2, 0.25) is 5.91 Å². The van der Waals surface area contributed by atoms with Gasteiger partial charge in [-0.2, -0.15) is 0 Å². The summed E-state index contributed by atoms with van der Waals surface area (Å²) in [6.45, 7) is 9.26. The molecule has 1 N–H and O–H groups in total. The van der Waals surface area contributed by atoms with E-state index in [0.717, 1.165) is 18.5 Å². The SMILES string of the molecule is COc1ccc(OC)c(C(C)NC(=O)CN2CCCN(C(=O)OCC(C)C)CC2)c1. The maximum atomic E-state index is 12.6. The maximum absolute atomic E-state index is 12.6. The van der Waals surface area contributed by atoms with Crippen molar-refractivity contribution in [2.75, 3.05) is 53.6 Å². The summed E-state index contributed by atoms with van der Waals surface area (Å²) < 4.78 is 16.0. The van der Waals surface area contributed by atoms with Crippen LogP contribution in [-0.4, -0.2) is 75.4 Å². The Labute approximate surface area is 179 Å². The Hall–Kier alpha value is -2.48. The van der Waals surface area contributed by atoms with Crippen molar-refractivity contribution in [3.05, 3.63) is 23.8 Å². The highest BCUT2D eigenvalue weighted by Crippen LogP contribution is 2.29. The van der Waals surface area contributed by atoms with Crippen molar-refractivity contribution in [2.24, 2.45) is 5.92 Å². The number of nitrogens with zero attached hydrogens (tertiary/aromatic N) is 2. The van der Waals surface area contributed by atoms with Gasteiger partial charge in [-0.15, -0.1) is 0 Å². The molecule has 1 aromatic carbocycles. The van der Waals surface area contributed by atoms with Gasteiger partial charge in [-0.25, -0.2) is 4.79 Å². The van der Waals surface area contributed by atoms with E-state index >= 15 is 0 Å². The first-order chi connectivity index (χ1) is 14.3. The van der Waals surface area contributed by atoms with Crippen LogP contribution in [0.4, 0.5) is 4.79 Å². The van der Waals surface area contributed by atoms with Gasteiger partial charge in [0.25, 0.3) is 0 Å². The van der Waals surface area contributed by atoms with Crippen LogP contribution < -0.4 is 14.8 Å². The summed E-state index contributed by atoms with van der Waals surface area (Å²) >= 11 is 0. The second-order valence-corrected chi connectivity index (χ2v) is 7.98. The lowest BCUT2D eigenvalue weighted by Gasteiger charge is -2.23. The third-order valence-electron chi connectivity index (χ3n) is 5.03. The van der Waals surface area contributed by atoms with Crippen LogP contribution in [0.5, 0.6) is 11.5 Å². The molecule has 1 atom stereocenters.